The Bertz CT molecular complexity index is 303. The van der Waals surface area contributed by atoms with Gasteiger partial charge in [0, 0.05) is 0 Å². The fourth-order valence-electron chi connectivity index (χ4n) is 0.953. The van der Waals surface area contributed by atoms with Crippen LogP contribution in [0.3, 0.4) is 0 Å². The molecule has 0 amide bonds. The first-order valence-corrected chi connectivity index (χ1v) is 7.24. The molecule has 0 saturated carbocycles. The van der Waals surface area contributed by atoms with Crippen molar-refractivity contribution in [2.24, 2.45) is 5.92 Å². The van der Waals surface area contributed by atoms with Gasteiger partial charge in [-0.1, -0.05) is 77.1 Å². The summed E-state index contributed by atoms with van der Waals surface area (Å²) in [5.74, 6) is 0.833. The van der Waals surface area contributed by atoms with Crippen LogP contribution >= 0.6 is 0 Å². The van der Waals surface area contributed by atoms with Crippen LogP contribution in [-0.2, 0) is 0 Å². The predicted octanol–water partition coefficient (Wildman–Crippen LogP) is 6.91. The average Bonchev–Trinajstić information content (AvgIpc) is 2.35. The number of hydrogen-bond donors (Lipinski definition) is 0. The van der Waals surface area contributed by atoms with E-state index in [1.165, 1.54) is 11.1 Å². The highest BCUT2D eigenvalue weighted by Crippen LogP contribution is 2.07. The molecule has 19 heavy (non-hydrogen) atoms. The number of benzene rings is 1. The summed E-state index contributed by atoms with van der Waals surface area (Å²) in [6.45, 7) is 19.9. The Balaban J connectivity index is -0.000000239. The molecule has 1 aromatic rings. The second-order valence-corrected chi connectivity index (χ2v) is 4.50. The van der Waals surface area contributed by atoms with Crippen molar-refractivity contribution in [1.82, 2.24) is 0 Å². The maximum absolute atomic E-state index is 3.36. The molecule has 0 radical (unpaired) electrons. The van der Waals surface area contributed by atoms with Crippen LogP contribution in [0.4, 0.5) is 0 Å². The zero-order chi connectivity index (χ0) is 15.7. The first kappa shape index (κ1) is 22.8. The van der Waals surface area contributed by atoms with E-state index < -0.39 is 0 Å². The molecule has 0 unspecified atom stereocenters. The predicted molar refractivity (Wildman–Crippen MR) is 93.6 cm³/mol. The number of aryl methyl sites for hydroxylation is 1. The number of allylic oxidation sites excluding steroid dienone is 2. The summed E-state index contributed by atoms with van der Waals surface area (Å²) in [4.78, 5) is 0. The second-order valence-electron chi connectivity index (χ2n) is 4.50. The Morgan fingerprint density at radius 2 is 1.37 bits per heavy atom. The Kier molecular flexibility index (Phi) is 22.9. The molecule has 0 bridgehead atoms. The van der Waals surface area contributed by atoms with Gasteiger partial charge < -0.3 is 0 Å². The van der Waals surface area contributed by atoms with Crippen molar-refractivity contribution >= 4 is 6.08 Å². The molecule has 0 heterocycles. The fraction of sp³-hybridized carbons (Fsp3) is 0.474. The fourth-order valence-corrected chi connectivity index (χ4v) is 0.953. The molecule has 0 aliphatic rings. The van der Waals surface area contributed by atoms with Crippen LogP contribution < -0.4 is 0 Å². The van der Waals surface area contributed by atoms with E-state index in [2.05, 4.69) is 70.7 Å². The van der Waals surface area contributed by atoms with Gasteiger partial charge in [-0.3, -0.25) is 0 Å². The van der Waals surface area contributed by atoms with E-state index in [1.54, 1.807) is 6.08 Å². The normalized spacial score (nSPS) is 8.47. The van der Waals surface area contributed by atoms with Crippen LogP contribution in [0.25, 0.3) is 6.08 Å². The van der Waals surface area contributed by atoms with E-state index in [-0.39, 0.29) is 0 Å². The Labute approximate surface area is 122 Å². The molecular formula is C19H34. The Morgan fingerprint density at radius 3 is 1.68 bits per heavy atom. The van der Waals surface area contributed by atoms with Crippen molar-refractivity contribution in [3.63, 3.8) is 0 Å². The summed E-state index contributed by atoms with van der Waals surface area (Å²) >= 11 is 0. The van der Waals surface area contributed by atoms with Gasteiger partial charge in [-0.2, -0.15) is 0 Å². The van der Waals surface area contributed by atoms with Crippen LogP contribution in [0.1, 0.15) is 59.6 Å². The third kappa shape index (κ3) is 22.4. The SMILES string of the molecule is C/C=C\c1ccccc1C.C=CC.CC.CC(C)C. The smallest absolute Gasteiger partial charge is 0.0231 e. The van der Waals surface area contributed by atoms with Gasteiger partial charge in [0.2, 0.25) is 0 Å². The van der Waals surface area contributed by atoms with Gasteiger partial charge in [0.1, 0.15) is 0 Å². The number of hydrogen-bond acceptors (Lipinski definition) is 0. The molecule has 0 fully saturated rings. The van der Waals surface area contributed by atoms with Crippen molar-refractivity contribution in [3.05, 3.63) is 54.1 Å². The molecule has 0 aliphatic carbocycles. The summed E-state index contributed by atoms with van der Waals surface area (Å²) in [6.07, 6.45) is 5.93. The molecule has 110 valence electrons. The average molecular weight is 262 g/mol. The molecule has 0 spiro atoms. The summed E-state index contributed by atoms with van der Waals surface area (Å²) in [5, 5.41) is 0. The summed E-state index contributed by atoms with van der Waals surface area (Å²) < 4.78 is 0. The highest BCUT2D eigenvalue weighted by Gasteiger charge is 1.87. The molecule has 0 aromatic heterocycles. The van der Waals surface area contributed by atoms with Crippen molar-refractivity contribution in [3.8, 4) is 0 Å². The molecule has 0 aliphatic heterocycles. The zero-order valence-corrected chi connectivity index (χ0v) is 14.3. The lowest BCUT2D eigenvalue weighted by atomic mass is 10.1. The second kappa shape index (κ2) is 19.0. The Hall–Kier alpha value is -1.30. The summed E-state index contributed by atoms with van der Waals surface area (Å²) in [5.41, 5.74) is 2.64. The lowest BCUT2D eigenvalue weighted by molar-refractivity contribution is 0.737. The highest BCUT2D eigenvalue weighted by atomic mass is 13.9. The van der Waals surface area contributed by atoms with Crippen LogP contribution in [0.2, 0.25) is 0 Å². The van der Waals surface area contributed by atoms with Crippen molar-refractivity contribution in [1.29, 1.82) is 0 Å². The van der Waals surface area contributed by atoms with Gasteiger partial charge in [-0.25, -0.2) is 0 Å². The molecule has 0 saturated heterocycles. The third-order valence-corrected chi connectivity index (χ3v) is 1.53. The maximum Gasteiger partial charge on any atom is -0.0231 e. The first-order valence-electron chi connectivity index (χ1n) is 7.24. The van der Waals surface area contributed by atoms with E-state index in [1.807, 2.05) is 27.7 Å². The summed E-state index contributed by atoms with van der Waals surface area (Å²) in [6, 6.07) is 8.36. The molecular weight excluding hydrogens is 228 g/mol. The molecule has 0 N–H and O–H groups in total. The topological polar surface area (TPSA) is 0 Å². The van der Waals surface area contributed by atoms with Crippen LogP contribution in [0.5, 0.6) is 0 Å². The van der Waals surface area contributed by atoms with Crippen LogP contribution in [-0.4, -0.2) is 0 Å². The minimum atomic E-state index is 0.833. The van der Waals surface area contributed by atoms with E-state index in [0.717, 1.165) is 5.92 Å². The van der Waals surface area contributed by atoms with E-state index in [0.29, 0.717) is 0 Å². The minimum Gasteiger partial charge on any atom is -0.103 e. The molecule has 1 rings (SSSR count). The third-order valence-electron chi connectivity index (χ3n) is 1.53. The highest BCUT2D eigenvalue weighted by molar-refractivity contribution is 5.52. The van der Waals surface area contributed by atoms with Crippen molar-refractivity contribution < 1.29 is 0 Å². The quantitative estimate of drug-likeness (QED) is 0.482. The van der Waals surface area contributed by atoms with Gasteiger partial charge in [-0.15, -0.1) is 6.58 Å². The van der Waals surface area contributed by atoms with Gasteiger partial charge in [-0.05, 0) is 37.8 Å². The molecule has 0 nitrogen and oxygen atoms in total. The van der Waals surface area contributed by atoms with E-state index >= 15 is 0 Å². The monoisotopic (exact) mass is 262 g/mol. The van der Waals surface area contributed by atoms with E-state index in [9.17, 15) is 0 Å². The van der Waals surface area contributed by atoms with E-state index in [4.69, 9.17) is 0 Å². The lowest BCUT2D eigenvalue weighted by Gasteiger charge is -1.96. The van der Waals surface area contributed by atoms with Gasteiger partial charge in [0.05, 0.1) is 0 Å². The van der Waals surface area contributed by atoms with Gasteiger partial charge >= 0.3 is 0 Å². The van der Waals surface area contributed by atoms with Crippen molar-refractivity contribution in [2.75, 3.05) is 0 Å². The Morgan fingerprint density at radius 1 is 1.00 bits per heavy atom. The summed E-state index contributed by atoms with van der Waals surface area (Å²) in [7, 11) is 0. The molecule has 0 heteroatoms. The molecule has 1 aromatic carbocycles. The van der Waals surface area contributed by atoms with Crippen molar-refractivity contribution in [2.45, 2.75) is 55.4 Å². The minimum absolute atomic E-state index is 0.833. The molecule has 0 atom stereocenters. The van der Waals surface area contributed by atoms with Gasteiger partial charge in [0.25, 0.3) is 0 Å². The van der Waals surface area contributed by atoms with Gasteiger partial charge in [0.15, 0.2) is 0 Å². The van der Waals surface area contributed by atoms with Crippen LogP contribution in [0.15, 0.2) is 43.0 Å². The standard InChI is InChI=1S/C10H12.C4H10.C3H6.C2H6/c1-3-6-10-8-5-4-7-9(10)2;1-4(2)3;1-3-2;1-2/h3-8H,1-2H3;4H,1-3H3;3H,1H2,2H3;1-2H3/b6-3-;;;. The largest absolute Gasteiger partial charge is 0.103 e. The maximum atomic E-state index is 3.36. The van der Waals surface area contributed by atoms with Crippen LogP contribution in [0, 0.1) is 12.8 Å². The first-order chi connectivity index (χ1) is 8.99. The number of rotatable bonds is 1. The zero-order valence-electron chi connectivity index (χ0n) is 14.3. The lowest BCUT2D eigenvalue weighted by Crippen LogP contribution is -1.76.